The van der Waals surface area contributed by atoms with Gasteiger partial charge in [0.05, 0.1) is 33.0 Å². The summed E-state index contributed by atoms with van der Waals surface area (Å²) < 4.78 is 24.3. The minimum Gasteiger partial charge on any atom is -0.497 e. The van der Waals surface area contributed by atoms with Crippen LogP contribution in [0.3, 0.4) is 0 Å². The monoisotopic (exact) mass is 945 g/mol. The second-order valence-electron chi connectivity index (χ2n) is 22.1. The number of hydrogen-bond acceptors (Lipinski definition) is 7. The van der Waals surface area contributed by atoms with Crippen molar-refractivity contribution in [2.24, 2.45) is 34.5 Å². The van der Waals surface area contributed by atoms with Gasteiger partial charge in [-0.3, -0.25) is 4.79 Å². The number of fused-ring (bicyclic) bond motifs is 5. The first-order valence-corrected chi connectivity index (χ1v) is 27.1. The lowest BCUT2D eigenvalue weighted by atomic mass is 9.47. The van der Waals surface area contributed by atoms with Gasteiger partial charge >= 0.3 is 6.09 Å². The Bertz CT molecular complexity index is 2090. The van der Waals surface area contributed by atoms with Gasteiger partial charge in [0.25, 0.3) is 0 Å². The highest BCUT2D eigenvalue weighted by Crippen LogP contribution is 2.67. The Balaban J connectivity index is 0.828. The van der Waals surface area contributed by atoms with Crippen LogP contribution >= 0.6 is 0 Å². The molecule has 9 heteroatoms. The van der Waals surface area contributed by atoms with E-state index in [-0.39, 0.29) is 30.1 Å². The molecular weight excluding hydrogens is 861 g/mol. The molecule has 2 N–H and O–H groups in total. The number of β-amino-alcohol motifs (C(OH)–C–C–N with tert-alkyl or cyclic N) is 1. The molecule has 2 amide bonds. The topological polar surface area (TPSA) is 107 Å². The zero-order valence-corrected chi connectivity index (χ0v) is 42.7. The van der Waals surface area contributed by atoms with Gasteiger partial charge in [0.15, 0.2) is 0 Å². The van der Waals surface area contributed by atoms with Gasteiger partial charge in [-0.2, -0.15) is 0 Å². The van der Waals surface area contributed by atoms with Crippen LogP contribution in [0.15, 0.2) is 90.5 Å². The molecule has 69 heavy (non-hydrogen) atoms. The number of ether oxygens (including phenoxy) is 4. The molecular formula is C60H84N2O7. The number of methoxy groups -OCH3 is 2. The first kappa shape index (κ1) is 51.0. The number of rotatable bonds is 22. The van der Waals surface area contributed by atoms with Crippen molar-refractivity contribution < 1.29 is 33.6 Å². The molecule has 3 aromatic carbocycles. The fraction of sp³-hybridized carbons (Fsp3) is 0.633. The maximum Gasteiger partial charge on any atom is 0.407 e. The summed E-state index contributed by atoms with van der Waals surface area (Å²) in [4.78, 5) is 29.3. The number of amides is 2. The second-order valence-corrected chi connectivity index (χ2v) is 22.1. The lowest BCUT2D eigenvalue weighted by Gasteiger charge is -2.58. The number of allylic oxidation sites excluding steroid dienone is 1. The SMILES string of the molecule is CCCCCCCCC1CCC2C3CC=C4CC(OC(=O)NCCCCCC(=O)N5CC(O)CC5C(OCc5ccccc5)(c5ccc(OC)cc5)c5ccc(OC)cc5)CCC4(C)C3CCC12C. The van der Waals surface area contributed by atoms with Gasteiger partial charge in [0.1, 0.15) is 23.2 Å². The van der Waals surface area contributed by atoms with Gasteiger partial charge in [0, 0.05) is 25.9 Å². The quantitative estimate of drug-likeness (QED) is 0.0763. The normalized spacial score (nSPS) is 28.5. The summed E-state index contributed by atoms with van der Waals surface area (Å²) in [5.74, 6) is 4.73. The molecule has 9 unspecified atom stereocenters. The van der Waals surface area contributed by atoms with Crippen molar-refractivity contribution in [3.8, 4) is 11.5 Å². The van der Waals surface area contributed by atoms with E-state index in [4.69, 9.17) is 18.9 Å². The van der Waals surface area contributed by atoms with Crippen LogP contribution < -0.4 is 14.8 Å². The van der Waals surface area contributed by atoms with E-state index < -0.39 is 17.7 Å². The van der Waals surface area contributed by atoms with Crippen LogP contribution in [0.2, 0.25) is 0 Å². The Labute approximate surface area is 414 Å². The summed E-state index contributed by atoms with van der Waals surface area (Å²) in [6.45, 7) is 8.54. The lowest BCUT2D eigenvalue weighted by molar-refractivity contribution is -0.141. The number of nitrogens with zero attached hydrogens (tertiary/aromatic N) is 1. The molecule has 376 valence electrons. The summed E-state index contributed by atoms with van der Waals surface area (Å²) in [6.07, 6.45) is 23.8. The Kier molecular flexibility index (Phi) is 17.2. The number of aliphatic hydroxyl groups excluding tert-OH is 1. The maximum atomic E-state index is 14.3. The number of nitrogens with one attached hydrogen (secondary N) is 1. The molecule has 1 saturated heterocycles. The van der Waals surface area contributed by atoms with Crippen LogP contribution in [0.5, 0.6) is 11.5 Å². The van der Waals surface area contributed by atoms with Crippen molar-refractivity contribution in [1.29, 1.82) is 0 Å². The van der Waals surface area contributed by atoms with Crippen molar-refractivity contribution in [3.63, 3.8) is 0 Å². The van der Waals surface area contributed by atoms with Gasteiger partial charge in [-0.15, -0.1) is 0 Å². The first-order chi connectivity index (χ1) is 33.5. The number of likely N-dealkylation sites (tertiary alicyclic amines) is 1. The summed E-state index contributed by atoms with van der Waals surface area (Å²) in [5, 5.41) is 14.3. The molecule has 0 bridgehead atoms. The third kappa shape index (κ3) is 11.3. The lowest BCUT2D eigenvalue weighted by Crippen LogP contribution is -2.52. The van der Waals surface area contributed by atoms with Crippen LogP contribution in [-0.2, 0) is 26.5 Å². The molecule has 9 nitrogen and oxygen atoms in total. The summed E-state index contributed by atoms with van der Waals surface area (Å²) in [6, 6.07) is 25.2. The van der Waals surface area contributed by atoms with Gasteiger partial charge in [-0.05, 0) is 146 Å². The third-order valence-electron chi connectivity index (χ3n) is 18.2. The molecule has 0 aromatic heterocycles. The van der Waals surface area contributed by atoms with Crippen molar-refractivity contribution >= 4 is 12.0 Å². The number of aliphatic hydroxyl groups is 1. The molecule has 3 saturated carbocycles. The van der Waals surface area contributed by atoms with Crippen LogP contribution in [-0.4, -0.2) is 67.6 Å². The maximum absolute atomic E-state index is 14.3. The van der Waals surface area contributed by atoms with Crippen LogP contribution in [0, 0.1) is 34.5 Å². The average Bonchev–Trinajstić information content (AvgIpc) is 3.93. The Morgan fingerprint density at radius 3 is 2.16 bits per heavy atom. The van der Waals surface area contributed by atoms with E-state index in [0.29, 0.717) is 49.3 Å². The Morgan fingerprint density at radius 2 is 1.46 bits per heavy atom. The van der Waals surface area contributed by atoms with Crippen molar-refractivity contribution in [3.05, 3.63) is 107 Å². The van der Waals surface area contributed by atoms with E-state index in [9.17, 15) is 14.7 Å². The van der Waals surface area contributed by atoms with E-state index in [1.807, 2.05) is 83.8 Å². The molecule has 1 aliphatic heterocycles. The highest BCUT2D eigenvalue weighted by Gasteiger charge is 2.58. The largest absolute Gasteiger partial charge is 0.497 e. The van der Waals surface area contributed by atoms with Crippen LogP contribution in [0.4, 0.5) is 4.79 Å². The van der Waals surface area contributed by atoms with Crippen molar-refractivity contribution in [2.45, 2.75) is 180 Å². The number of carbonyl (C=O) groups is 2. The van der Waals surface area contributed by atoms with Gasteiger partial charge in [0.2, 0.25) is 5.91 Å². The average molecular weight is 945 g/mol. The van der Waals surface area contributed by atoms with Gasteiger partial charge < -0.3 is 34.3 Å². The number of unbranched alkanes of at least 4 members (excludes halogenated alkanes) is 7. The van der Waals surface area contributed by atoms with E-state index in [1.54, 1.807) is 19.8 Å². The molecule has 8 rings (SSSR count). The number of benzene rings is 3. The van der Waals surface area contributed by atoms with E-state index in [1.165, 1.54) is 77.0 Å². The van der Waals surface area contributed by atoms with Crippen LogP contribution in [0.1, 0.15) is 166 Å². The molecule has 5 aliphatic rings. The highest BCUT2D eigenvalue weighted by atomic mass is 16.6. The fourth-order valence-corrected chi connectivity index (χ4v) is 14.3. The number of carbonyl (C=O) groups excluding carboxylic acids is 2. The van der Waals surface area contributed by atoms with E-state index >= 15 is 0 Å². The minimum atomic E-state index is -1.12. The zero-order chi connectivity index (χ0) is 48.4. The highest BCUT2D eigenvalue weighted by molar-refractivity contribution is 5.77. The third-order valence-corrected chi connectivity index (χ3v) is 18.2. The van der Waals surface area contributed by atoms with E-state index in [2.05, 4.69) is 32.2 Å². The number of hydrogen-bond donors (Lipinski definition) is 2. The predicted octanol–water partition coefficient (Wildman–Crippen LogP) is 13.1. The zero-order valence-electron chi connectivity index (χ0n) is 42.7. The Morgan fingerprint density at radius 1 is 0.783 bits per heavy atom. The van der Waals surface area contributed by atoms with Crippen LogP contribution in [0.25, 0.3) is 0 Å². The minimum absolute atomic E-state index is 0.0237. The molecule has 3 aromatic rings. The van der Waals surface area contributed by atoms with Gasteiger partial charge in [-0.25, -0.2) is 4.79 Å². The second kappa shape index (κ2) is 23.3. The standard InChI is InChI=1S/C60H84N2O7/c1-6-7-8-9-10-15-20-44-27-33-53-52-32-26-47-39-51(34-36-59(47,3)54(52)35-37-58(44,53)2)69-57(65)61-38-17-12-16-21-56(64)62-41-48(63)40-55(62)60(45-22-28-49(66-4)29-23-45,46-24-30-50(67-5)31-25-46)68-42-43-18-13-11-14-19-43/h11,13-14,18-19,22-26,28-31,44,48,51-55,63H,6-10,12,15-17,20-21,27,32-42H2,1-5H3,(H,61,65). The Hall–Kier alpha value is -4.34. The molecule has 0 radical (unpaired) electrons. The molecule has 9 atom stereocenters. The molecule has 1 heterocycles. The molecule has 0 spiro atoms. The fourth-order valence-electron chi connectivity index (χ4n) is 14.3. The van der Waals surface area contributed by atoms with E-state index in [0.717, 1.165) is 72.5 Å². The van der Waals surface area contributed by atoms with Crippen molar-refractivity contribution in [1.82, 2.24) is 10.2 Å². The molecule has 4 aliphatic carbocycles. The summed E-state index contributed by atoms with van der Waals surface area (Å²) in [7, 11) is 3.29. The smallest absolute Gasteiger partial charge is 0.407 e. The van der Waals surface area contributed by atoms with Crippen molar-refractivity contribution in [2.75, 3.05) is 27.3 Å². The van der Waals surface area contributed by atoms with Gasteiger partial charge in [-0.1, -0.05) is 132 Å². The summed E-state index contributed by atoms with van der Waals surface area (Å²) in [5.41, 5.74) is 3.89. The first-order valence-electron chi connectivity index (χ1n) is 27.1. The molecule has 4 fully saturated rings. The predicted molar refractivity (Wildman–Crippen MR) is 274 cm³/mol. The summed E-state index contributed by atoms with van der Waals surface area (Å²) >= 11 is 0. The number of alkyl carbamates (subject to hydrolysis) is 1.